The number of nitrogens with one attached hydrogen (secondary N) is 1. The van der Waals surface area contributed by atoms with Gasteiger partial charge in [0.2, 0.25) is 5.91 Å². The SMILES string of the molecule is CCCCCCCCCCCCCCCCCCCCCCCCCCCCC/C=C/C(O)C(COP(=O)(O)OCC[N+](C)(C)C)NC(=O)CCCCCCCCCC. The molecular formula is C50H102N2O6P+. The molecule has 3 atom stereocenters. The highest BCUT2D eigenvalue weighted by atomic mass is 31.2. The number of carbonyl (C=O) groups excluding carboxylic acids is 1. The summed E-state index contributed by atoms with van der Waals surface area (Å²) in [6.45, 7) is 4.80. The highest BCUT2D eigenvalue weighted by Gasteiger charge is 2.27. The first-order valence-electron chi connectivity index (χ1n) is 25.6. The summed E-state index contributed by atoms with van der Waals surface area (Å²) in [6, 6.07) is -0.839. The van der Waals surface area contributed by atoms with E-state index in [4.69, 9.17) is 9.05 Å². The average Bonchev–Trinajstić information content (AvgIpc) is 3.19. The summed E-state index contributed by atoms with van der Waals surface area (Å²) < 4.78 is 23.5. The third kappa shape index (κ3) is 45.1. The molecule has 0 fully saturated rings. The van der Waals surface area contributed by atoms with Gasteiger partial charge in [-0.1, -0.05) is 238 Å². The summed E-state index contributed by atoms with van der Waals surface area (Å²) in [4.78, 5) is 23.0. The van der Waals surface area contributed by atoms with Crippen molar-refractivity contribution in [1.29, 1.82) is 0 Å². The van der Waals surface area contributed by atoms with Crippen molar-refractivity contribution in [3.05, 3.63) is 12.2 Å². The number of allylic oxidation sites excluding steroid dienone is 1. The maximum atomic E-state index is 12.8. The Hall–Kier alpha value is -0.760. The van der Waals surface area contributed by atoms with Crippen LogP contribution in [-0.4, -0.2) is 73.4 Å². The summed E-state index contributed by atoms with van der Waals surface area (Å²) in [5.74, 6) is -0.179. The smallest absolute Gasteiger partial charge is 0.387 e. The molecule has 0 bridgehead atoms. The fraction of sp³-hybridized carbons (Fsp3) is 0.940. The van der Waals surface area contributed by atoms with E-state index in [9.17, 15) is 19.4 Å². The normalized spacial score (nSPS) is 14.2. The second-order valence-electron chi connectivity index (χ2n) is 18.9. The molecule has 9 heteroatoms. The predicted octanol–water partition coefficient (Wildman–Crippen LogP) is 14.7. The fourth-order valence-electron chi connectivity index (χ4n) is 7.69. The lowest BCUT2D eigenvalue weighted by molar-refractivity contribution is -0.870. The molecule has 1 amide bonds. The van der Waals surface area contributed by atoms with Crippen molar-refractivity contribution < 1.29 is 32.9 Å². The molecule has 352 valence electrons. The maximum Gasteiger partial charge on any atom is 0.472 e. The standard InChI is InChI=1S/C50H101N2O6P/c1-6-8-10-12-14-16-17-18-19-20-21-22-23-24-25-26-27-28-29-30-31-32-33-34-35-36-37-39-41-43-49(53)48(47-58-59(55,56)57-46-45-52(3,4)5)51-50(54)44-42-40-38-15-13-11-9-7-2/h41,43,48-49,53H,6-40,42,44-47H2,1-5H3,(H-,51,54,55,56)/p+1/b43-41+. The molecule has 8 nitrogen and oxygen atoms in total. The number of rotatable bonds is 47. The van der Waals surface area contributed by atoms with Crippen molar-refractivity contribution in [3.63, 3.8) is 0 Å². The van der Waals surface area contributed by atoms with E-state index in [1.54, 1.807) is 6.08 Å². The number of carbonyl (C=O) groups is 1. The van der Waals surface area contributed by atoms with Gasteiger partial charge in [-0.2, -0.15) is 0 Å². The van der Waals surface area contributed by atoms with Crippen LogP contribution in [0.4, 0.5) is 0 Å². The minimum Gasteiger partial charge on any atom is -0.387 e. The molecule has 0 radical (unpaired) electrons. The zero-order valence-electron chi connectivity index (χ0n) is 40.0. The Bertz CT molecular complexity index is 974. The van der Waals surface area contributed by atoms with Crippen LogP contribution >= 0.6 is 7.82 Å². The first-order valence-corrected chi connectivity index (χ1v) is 27.1. The molecule has 0 aliphatic rings. The Morgan fingerprint density at radius 3 is 1.25 bits per heavy atom. The van der Waals surface area contributed by atoms with Crippen LogP contribution in [0.2, 0.25) is 0 Å². The molecule has 59 heavy (non-hydrogen) atoms. The van der Waals surface area contributed by atoms with Gasteiger partial charge < -0.3 is 19.8 Å². The van der Waals surface area contributed by atoms with E-state index in [0.717, 1.165) is 32.1 Å². The highest BCUT2D eigenvalue weighted by Crippen LogP contribution is 2.43. The number of quaternary nitrogens is 1. The summed E-state index contributed by atoms with van der Waals surface area (Å²) in [6.07, 6.45) is 50.4. The van der Waals surface area contributed by atoms with E-state index in [-0.39, 0.29) is 19.1 Å². The summed E-state index contributed by atoms with van der Waals surface area (Å²) >= 11 is 0. The van der Waals surface area contributed by atoms with E-state index in [2.05, 4.69) is 19.2 Å². The van der Waals surface area contributed by atoms with Gasteiger partial charge in [0.05, 0.1) is 39.9 Å². The van der Waals surface area contributed by atoms with Crippen LogP contribution < -0.4 is 5.32 Å². The molecule has 3 N–H and O–H groups in total. The number of likely N-dealkylation sites (N-methyl/N-ethyl adjacent to an activating group) is 1. The van der Waals surface area contributed by atoms with Gasteiger partial charge in [-0.3, -0.25) is 13.8 Å². The quantitative estimate of drug-likeness (QED) is 0.0244. The summed E-state index contributed by atoms with van der Waals surface area (Å²) in [5.41, 5.74) is 0. The number of nitrogens with zero attached hydrogens (tertiary/aromatic N) is 1. The van der Waals surface area contributed by atoms with Gasteiger partial charge >= 0.3 is 7.82 Å². The lowest BCUT2D eigenvalue weighted by atomic mass is 10.0. The molecule has 0 saturated heterocycles. The maximum absolute atomic E-state index is 12.8. The third-order valence-corrected chi connectivity index (χ3v) is 12.7. The lowest BCUT2D eigenvalue weighted by Crippen LogP contribution is -2.45. The van der Waals surface area contributed by atoms with Crippen LogP contribution in [0.25, 0.3) is 0 Å². The molecule has 0 aromatic carbocycles. The number of hydrogen-bond acceptors (Lipinski definition) is 5. The number of unbranched alkanes of at least 4 members (excludes halogenated alkanes) is 34. The largest absolute Gasteiger partial charge is 0.472 e. The molecule has 0 aliphatic carbocycles. The molecule has 0 spiro atoms. The Morgan fingerprint density at radius 2 is 0.898 bits per heavy atom. The van der Waals surface area contributed by atoms with Gasteiger partial charge in [-0.25, -0.2) is 4.57 Å². The molecule has 0 heterocycles. The Kier molecular flexibility index (Phi) is 42.0. The molecule has 3 unspecified atom stereocenters. The van der Waals surface area contributed by atoms with Crippen LogP contribution in [0, 0.1) is 0 Å². The zero-order valence-corrected chi connectivity index (χ0v) is 40.9. The molecule has 0 aromatic heterocycles. The number of aliphatic hydroxyl groups excluding tert-OH is 1. The number of phosphoric acid groups is 1. The van der Waals surface area contributed by atoms with Gasteiger partial charge in [0.15, 0.2) is 0 Å². The van der Waals surface area contributed by atoms with Crippen LogP contribution in [0.5, 0.6) is 0 Å². The monoisotopic (exact) mass is 858 g/mol. The Labute approximate surface area is 367 Å². The number of aliphatic hydroxyl groups is 1. The summed E-state index contributed by atoms with van der Waals surface area (Å²) in [5, 5.41) is 13.8. The van der Waals surface area contributed by atoms with Crippen molar-refractivity contribution in [3.8, 4) is 0 Å². The van der Waals surface area contributed by atoms with E-state index in [1.165, 1.54) is 199 Å². The van der Waals surface area contributed by atoms with Crippen LogP contribution in [-0.2, 0) is 18.4 Å². The van der Waals surface area contributed by atoms with Gasteiger partial charge in [0, 0.05) is 6.42 Å². The first-order chi connectivity index (χ1) is 28.5. The van der Waals surface area contributed by atoms with Crippen LogP contribution in [0.3, 0.4) is 0 Å². The van der Waals surface area contributed by atoms with E-state index in [1.807, 2.05) is 27.2 Å². The van der Waals surface area contributed by atoms with Crippen molar-refractivity contribution >= 4 is 13.7 Å². The number of amides is 1. The Balaban J connectivity index is 4.01. The highest BCUT2D eigenvalue weighted by molar-refractivity contribution is 7.47. The topological polar surface area (TPSA) is 105 Å². The number of hydrogen-bond donors (Lipinski definition) is 3. The molecular weight excluding hydrogens is 756 g/mol. The number of phosphoric ester groups is 1. The van der Waals surface area contributed by atoms with Gasteiger partial charge in [-0.15, -0.1) is 0 Å². The summed E-state index contributed by atoms with van der Waals surface area (Å²) in [7, 11) is 1.58. The van der Waals surface area contributed by atoms with E-state index >= 15 is 0 Å². The van der Waals surface area contributed by atoms with Crippen LogP contribution in [0.1, 0.15) is 251 Å². The zero-order chi connectivity index (χ0) is 43.6. The predicted molar refractivity (Wildman–Crippen MR) is 254 cm³/mol. The van der Waals surface area contributed by atoms with E-state index in [0.29, 0.717) is 17.4 Å². The van der Waals surface area contributed by atoms with Crippen molar-refractivity contribution in [2.75, 3.05) is 40.9 Å². The average molecular weight is 858 g/mol. The molecule has 0 saturated carbocycles. The Morgan fingerprint density at radius 1 is 0.559 bits per heavy atom. The van der Waals surface area contributed by atoms with Gasteiger partial charge in [0.25, 0.3) is 0 Å². The van der Waals surface area contributed by atoms with Crippen molar-refractivity contribution in [2.24, 2.45) is 0 Å². The minimum atomic E-state index is -4.33. The van der Waals surface area contributed by atoms with Crippen molar-refractivity contribution in [2.45, 2.75) is 264 Å². The second-order valence-corrected chi connectivity index (χ2v) is 20.4. The first kappa shape index (κ1) is 58.2. The molecule has 0 rings (SSSR count). The van der Waals surface area contributed by atoms with Gasteiger partial charge in [-0.05, 0) is 19.3 Å². The van der Waals surface area contributed by atoms with E-state index < -0.39 is 20.0 Å². The third-order valence-electron chi connectivity index (χ3n) is 11.8. The van der Waals surface area contributed by atoms with Crippen molar-refractivity contribution in [1.82, 2.24) is 5.32 Å². The minimum absolute atomic E-state index is 0.0643. The fourth-order valence-corrected chi connectivity index (χ4v) is 8.43. The second kappa shape index (κ2) is 42.5. The molecule has 0 aromatic rings. The van der Waals surface area contributed by atoms with Gasteiger partial charge in [0.1, 0.15) is 13.2 Å². The van der Waals surface area contributed by atoms with Crippen LogP contribution in [0.15, 0.2) is 12.2 Å². The lowest BCUT2D eigenvalue weighted by Gasteiger charge is -2.25. The molecule has 0 aliphatic heterocycles.